The third-order valence-corrected chi connectivity index (χ3v) is 4.92. The van der Waals surface area contributed by atoms with E-state index >= 15 is 0 Å². The molecule has 0 aliphatic carbocycles. The van der Waals surface area contributed by atoms with Crippen molar-refractivity contribution in [2.75, 3.05) is 12.4 Å². The molecule has 2 aromatic rings. The van der Waals surface area contributed by atoms with Gasteiger partial charge < -0.3 is 4.74 Å². The zero-order valence-corrected chi connectivity index (χ0v) is 16.2. The van der Waals surface area contributed by atoms with Crippen LogP contribution in [0.1, 0.15) is 23.3 Å². The summed E-state index contributed by atoms with van der Waals surface area (Å²) in [5, 5.41) is 0.560. The van der Waals surface area contributed by atoms with Crippen LogP contribution in [-0.2, 0) is 19.1 Å². The Morgan fingerprint density at radius 3 is 2.26 bits per heavy atom. The highest BCUT2D eigenvalue weighted by molar-refractivity contribution is 8.00. The molecule has 2 N–H and O–H groups in total. The highest BCUT2D eigenvalue weighted by Crippen LogP contribution is 2.36. The minimum Gasteiger partial charge on any atom is -0.455 e. The number of carbonyl (C=O) groups excluding carboxylic acids is 3. The highest BCUT2D eigenvalue weighted by Gasteiger charge is 2.17. The first kappa shape index (κ1) is 20.8. The second-order valence-corrected chi connectivity index (χ2v) is 7.07. The van der Waals surface area contributed by atoms with Gasteiger partial charge in [0.05, 0.1) is 11.0 Å². The number of hydrogen-bond acceptors (Lipinski definition) is 5. The number of benzene rings is 2. The summed E-state index contributed by atoms with van der Waals surface area (Å²) in [5.41, 5.74) is 6.29. The van der Waals surface area contributed by atoms with E-state index in [0.717, 1.165) is 11.1 Å². The van der Waals surface area contributed by atoms with Gasteiger partial charge in [-0.2, -0.15) is 0 Å². The molecule has 0 saturated carbocycles. The zero-order valence-electron chi connectivity index (χ0n) is 14.6. The van der Waals surface area contributed by atoms with Gasteiger partial charge in [-0.15, -0.1) is 11.8 Å². The van der Waals surface area contributed by atoms with Gasteiger partial charge in [0.1, 0.15) is 0 Å². The second-order valence-electron chi connectivity index (χ2n) is 5.54. The van der Waals surface area contributed by atoms with Crippen molar-refractivity contribution in [3.05, 3.63) is 70.7 Å². The van der Waals surface area contributed by atoms with E-state index in [-0.39, 0.29) is 11.0 Å². The summed E-state index contributed by atoms with van der Waals surface area (Å²) in [6.45, 7) is 0.792. The lowest BCUT2D eigenvalue weighted by atomic mass is 10.0. The van der Waals surface area contributed by atoms with Gasteiger partial charge in [-0.3, -0.25) is 25.2 Å². The summed E-state index contributed by atoms with van der Waals surface area (Å²) in [6.07, 6.45) is 0. The fourth-order valence-corrected chi connectivity index (χ4v) is 3.39. The third kappa shape index (κ3) is 7.32. The predicted molar refractivity (Wildman–Crippen MR) is 105 cm³/mol. The number of thioether (sulfide) groups is 1. The van der Waals surface area contributed by atoms with Gasteiger partial charge in [-0.05, 0) is 23.3 Å². The molecule has 2 rings (SSSR count). The maximum absolute atomic E-state index is 12.0. The predicted octanol–water partition coefficient (Wildman–Crippen LogP) is 2.87. The molecular formula is C19H19ClN2O4S. The van der Waals surface area contributed by atoms with Crippen molar-refractivity contribution in [1.29, 1.82) is 0 Å². The highest BCUT2D eigenvalue weighted by atomic mass is 35.5. The Labute approximate surface area is 166 Å². The van der Waals surface area contributed by atoms with Crippen molar-refractivity contribution in [3.8, 4) is 0 Å². The van der Waals surface area contributed by atoms with E-state index in [2.05, 4.69) is 10.9 Å². The first-order valence-electron chi connectivity index (χ1n) is 8.09. The summed E-state index contributed by atoms with van der Waals surface area (Å²) >= 11 is 7.35. The number of halogens is 1. The fraction of sp³-hybridized carbons (Fsp3) is 0.211. The van der Waals surface area contributed by atoms with Crippen LogP contribution in [0, 0.1) is 0 Å². The number of esters is 1. The monoisotopic (exact) mass is 406 g/mol. The first-order valence-corrected chi connectivity index (χ1v) is 9.51. The van der Waals surface area contributed by atoms with Gasteiger partial charge in [0, 0.05) is 11.9 Å². The van der Waals surface area contributed by atoms with E-state index in [9.17, 15) is 14.4 Å². The van der Waals surface area contributed by atoms with Crippen molar-refractivity contribution in [2.45, 2.75) is 12.2 Å². The fourth-order valence-electron chi connectivity index (χ4n) is 2.18. The molecule has 0 aliphatic rings. The Kier molecular flexibility index (Phi) is 8.16. The lowest BCUT2D eigenvalue weighted by molar-refractivity contribution is -0.146. The topological polar surface area (TPSA) is 84.5 Å². The molecule has 0 radical (unpaired) electrons. The molecule has 0 saturated heterocycles. The molecule has 0 unspecified atom stereocenters. The Morgan fingerprint density at radius 2 is 1.63 bits per heavy atom. The SMILES string of the molecule is CC(=O)NNC(=O)COC(=O)CS[C@H](c1ccccc1)c1ccc(Cl)cc1. The molecule has 27 heavy (non-hydrogen) atoms. The standard InChI is InChI=1S/C19H19ClN2O4S/c1-13(23)21-22-17(24)11-26-18(25)12-27-19(14-5-3-2-4-6-14)15-7-9-16(20)10-8-15/h2-10,19H,11-12H2,1H3,(H,21,23)(H,22,24)/t19-/m1/s1. The molecule has 0 aromatic heterocycles. The molecule has 6 nitrogen and oxygen atoms in total. The van der Waals surface area contributed by atoms with E-state index < -0.39 is 24.4 Å². The van der Waals surface area contributed by atoms with E-state index in [4.69, 9.17) is 16.3 Å². The van der Waals surface area contributed by atoms with E-state index in [1.54, 1.807) is 12.1 Å². The number of hydrazine groups is 1. The minimum absolute atomic E-state index is 0.0651. The second kappa shape index (κ2) is 10.6. The van der Waals surface area contributed by atoms with Crippen molar-refractivity contribution in [1.82, 2.24) is 10.9 Å². The van der Waals surface area contributed by atoms with Gasteiger partial charge in [0.15, 0.2) is 6.61 Å². The molecule has 8 heteroatoms. The van der Waals surface area contributed by atoms with Gasteiger partial charge in [-0.1, -0.05) is 54.1 Å². The van der Waals surface area contributed by atoms with Gasteiger partial charge in [0.25, 0.3) is 5.91 Å². The van der Waals surface area contributed by atoms with Gasteiger partial charge >= 0.3 is 5.97 Å². The van der Waals surface area contributed by atoms with Gasteiger partial charge in [-0.25, -0.2) is 0 Å². The van der Waals surface area contributed by atoms with Crippen LogP contribution in [0.15, 0.2) is 54.6 Å². The smallest absolute Gasteiger partial charge is 0.316 e. The van der Waals surface area contributed by atoms with E-state index in [1.807, 2.05) is 42.5 Å². The molecular weight excluding hydrogens is 388 g/mol. The average molecular weight is 407 g/mol. The normalized spacial score (nSPS) is 11.3. The molecule has 0 fully saturated rings. The molecule has 1 atom stereocenters. The summed E-state index contributed by atoms with van der Waals surface area (Å²) in [7, 11) is 0. The number of ether oxygens (including phenoxy) is 1. The van der Waals surface area contributed by atoms with Gasteiger partial charge in [0.2, 0.25) is 5.91 Å². The molecule has 0 spiro atoms. The number of hydrogen-bond donors (Lipinski definition) is 2. The van der Waals surface area contributed by atoms with Crippen LogP contribution < -0.4 is 10.9 Å². The molecule has 0 bridgehead atoms. The molecule has 0 heterocycles. The van der Waals surface area contributed by atoms with Crippen molar-refractivity contribution in [2.24, 2.45) is 0 Å². The Balaban J connectivity index is 1.94. The summed E-state index contributed by atoms with van der Waals surface area (Å²) in [4.78, 5) is 34.1. The Morgan fingerprint density at radius 1 is 1.00 bits per heavy atom. The van der Waals surface area contributed by atoms with E-state index in [0.29, 0.717) is 5.02 Å². The summed E-state index contributed by atoms with van der Waals surface area (Å²) in [5.74, 6) is -1.48. The summed E-state index contributed by atoms with van der Waals surface area (Å²) < 4.78 is 4.93. The number of nitrogens with one attached hydrogen (secondary N) is 2. The Bertz CT molecular complexity index is 784. The van der Waals surface area contributed by atoms with Crippen molar-refractivity contribution in [3.63, 3.8) is 0 Å². The quantitative estimate of drug-likeness (QED) is 0.545. The third-order valence-electron chi connectivity index (χ3n) is 3.39. The molecule has 0 aliphatic heterocycles. The van der Waals surface area contributed by atoms with Crippen molar-refractivity contribution >= 4 is 41.1 Å². The van der Waals surface area contributed by atoms with Crippen LogP contribution in [0.25, 0.3) is 0 Å². The van der Waals surface area contributed by atoms with Crippen LogP contribution in [-0.4, -0.2) is 30.1 Å². The van der Waals surface area contributed by atoms with Crippen LogP contribution in [0.2, 0.25) is 5.02 Å². The lowest BCUT2D eigenvalue weighted by Gasteiger charge is -2.17. The number of amides is 2. The average Bonchev–Trinajstić information content (AvgIpc) is 2.67. The Hall–Kier alpha value is -2.51. The first-order chi connectivity index (χ1) is 13.0. The zero-order chi connectivity index (χ0) is 19.6. The molecule has 142 valence electrons. The largest absolute Gasteiger partial charge is 0.455 e. The summed E-state index contributed by atoms with van der Waals surface area (Å²) in [6, 6.07) is 17.2. The van der Waals surface area contributed by atoms with Crippen molar-refractivity contribution < 1.29 is 19.1 Å². The molecule has 2 amide bonds. The van der Waals surface area contributed by atoms with Crippen LogP contribution in [0.3, 0.4) is 0 Å². The maximum Gasteiger partial charge on any atom is 0.316 e. The van der Waals surface area contributed by atoms with Crippen LogP contribution in [0.4, 0.5) is 0 Å². The van der Waals surface area contributed by atoms with Crippen LogP contribution in [0.5, 0.6) is 0 Å². The number of carbonyl (C=O) groups is 3. The number of rotatable bonds is 7. The van der Waals surface area contributed by atoms with Crippen LogP contribution >= 0.6 is 23.4 Å². The lowest BCUT2D eigenvalue weighted by Crippen LogP contribution is -2.42. The van der Waals surface area contributed by atoms with E-state index in [1.165, 1.54) is 18.7 Å². The molecule has 2 aromatic carbocycles. The minimum atomic E-state index is -0.610. The maximum atomic E-state index is 12.0.